The van der Waals surface area contributed by atoms with Gasteiger partial charge in [-0.05, 0) is 36.8 Å². The van der Waals surface area contributed by atoms with Gasteiger partial charge < -0.3 is 9.26 Å². The number of esters is 1. The van der Waals surface area contributed by atoms with Crippen LogP contribution >= 0.6 is 0 Å². The Labute approximate surface area is 157 Å². The number of benzene rings is 2. The lowest BCUT2D eigenvalue weighted by molar-refractivity contribution is -0.144. The summed E-state index contributed by atoms with van der Waals surface area (Å²) < 4.78 is 37.4. The molecule has 3 aromatic rings. The van der Waals surface area contributed by atoms with Crippen LogP contribution in [-0.2, 0) is 26.2 Å². The van der Waals surface area contributed by atoms with Gasteiger partial charge in [0.25, 0.3) is 0 Å². The Kier molecular flexibility index (Phi) is 5.57. The van der Waals surface area contributed by atoms with E-state index < -0.39 is 16.0 Å². The summed E-state index contributed by atoms with van der Waals surface area (Å²) in [6.45, 7) is 3.51. The molecule has 1 aromatic heterocycles. The van der Waals surface area contributed by atoms with E-state index in [0.29, 0.717) is 11.5 Å². The molecule has 0 saturated carbocycles. The second kappa shape index (κ2) is 7.89. The van der Waals surface area contributed by atoms with Crippen molar-refractivity contribution < 1.29 is 22.5 Å². The Balaban J connectivity index is 1.54. The van der Waals surface area contributed by atoms with Gasteiger partial charge in [-0.25, -0.2) is 13.1 Å². The van der Waals surface area contributed by atoms with Gasteiger partial charge in [0, 0.05) is 6.54 Å². The molecule has 27 heavy (non-hydrogen) atoms. The highest BCUT2D eigenvalue weighted by molar-refractivity contribution is 7.89. The van der Waals surface area contributed by atoms with Crippen molar-refractivity contribution in [1.82, 2.24) is 9.88 Å². The Morgan fingerprint density at radius 1 is 1.15 bits per heavy atom. The fourth-order valence-electron chi connectivity index (χ4n) is 2.64. The van der Waals surface area contributed by atoms with Crippen LogP contribution in [0.5, 0.6) is 0 Å². The second-order valence-corrected chi connectivity index (χ2v) is 7.89. The van der Waals surface area contributed by atoms with E-state index in [9.17, 15) is 13.2 Å². The summed E-state index contributed by atoms with van der Waals surface area (Å²) >= 11 is 0. The first kappa shape index (κ1) is 19.1. The average molecular weight is 388 g/mol. The molecule has 142 valence electrons. The third-order valence-electron chi connectivity index (χ3n) is 4.21. The van der Waals surface area contributed by atoms with Gasteiger partial charge in [-0.15, -0.1) is 0 Å². The number of hydrogen-bond acceptors (Lipinski definition) is 6. The normalized spacial score (nSPS) is 11.6. The molecule has 7 nitrogen and oxygen atoms in total. The number of hydrogen-bond donors (Lipinski definition) is 1. The molecule has 0 saturated heterocycles. The monoisotopic (exact) mass is 388 g/mol. The molecule has 0 aliphatic rings. The van der Waals surface area contributed by atoms with Crippen LogP contribution in [-0.4, -0.2) is 26.1 Å². The van der Waals surface area contributed by atoms with Gasteiger partial charge in [-0.1, -0.05) is 35.5 Å². The van der Waals surface area contributed by atoms with Crippen LogP contribution in [0.25, 0.3) is 10.8 Å². The van der Waals surface area contributed by atoms with Crippen molar-refractivity contribution in [3.05, 3.63) is 59.5 Å². The summed E-state index contributed by atoms with van der Waals surface area (Å²) in [5.74, 6) is 0.0912. The first-order chi connectivity index (χ1) is 12.9. The fraction of sp³-hybridized carbons (Fsp3) is 0.263. The summed E-state index contributed by atoms with van der Waals surface area (Å²) in [5, 5.41) is 5.58. The van der Waals surface area contributed by atoms with Crippen molar-refractivity contribution in [2.75, 3.05) is 6.54 Å². The minimum atomic E-state index is -3.70. The molecule has 2 aromatic carbocycles. The lowest BCUT2D eigenvalue weighted by atomic mass is 10.1. The van der Waals surface area contributed by atoms with E-state index in [-0.39, 0.29) is 24.5 Å². The van der Waals surface area contributed by atoms with Crippen molar-refractivity contribution in [2.45, 2.75) is 31.8 Å². The molecule has 0 unspecified atom stereocenters. The minimum absolute atomic E-state index is 0.0460. The zero-order valence-corrected chi connectivity index (χ0v) is 15.9. The van der Waals surface area contributed by atoms with Gasteiger partial charge in [0.2, 0.25) is 10.0 Å². The summed E-state index contributed by atoms with van der Waals surface area (Å²) in [6.07, 6.45) is -0.0732. The molecular formula is C19H20N2O5S. The Morgan fingerprint density at radius 2 is 1.89 bits per heavy atom. The van der Waals surface area contributed by atoms with E-state index in [1.54, 1.807) is 32.0 Å². The number of nitrogens with one attached hydrogen (secondary N) is 1. The third kappa shape index (κ3) is 4.53. The highest BCUT2D eigenvalue weighted by atomic mass is 32.2. The molecule has 0 bridgehead atoms. The molecule has 8 heteroatoms. The summed E-state index contributed by atoms with van der Waals surface area (Å²) in [5.41, 5.74) is 1.39. The van der Waals surface area contributed by atoms with E-state index in [2.05, 4.69) is 9.88 Å². The second-order valence-electron chi connectivity index (χ2n) is 6.12. The van der Waals surface area contributed by atoms with Crippen molar-refractivity contribution in [3.63, 3.8) is 0 Å². The maximum Gasteiger partial charge on any atom is 0.307 e. The van der Waals surface area contributed by atoms with E-state index in [0.717, 1.165) is 16.3 Å². The molecule has 3 rings (SSSR count). The van der Waals surface area contributed by atoms with Crippen molar-refractivity contribution in [1.29, 1.82) is 0 Å². The zero-order chi connectivity index (χ0) is 19.4. The molecule has 0 radical (unpaired) electrons. The van der Waals surface area contributed by atoms with Crippen LogP contribution in [0.1, 0.15) is 23.4 Å². The number of aromatic nitrogens is 1. The van der Waals surface area contributed by atoms with Crippen LogP contribution in [0.4, 0.5) is 0 Å². The standard InChI is InChI=1S/C19H20N2O5S/c1-13-18(14(2)26-21-13)12-25-19(22)9-10-20-27(23,24)17-8-7-15-5-3-4-6-16(15)11-17/h3-8,11,20H,9-10,12H2,1-2H3. The predicted octanol–water partition coefficient (Wildman–Crippen LogP) is 2.86. The summed E-state index contributed by atoms with van der Waals surface area (Å²) in [4.78, 5) is 12.0. The number of ether oxygens (including phenoxy) is 1. The van der Waals surface area contributed by atoms with Crippen LogP contribution in [0.3, 0.4) is 0 Å². The Hall–Kier alpha value is -2.71. The molecule has 1 N–H and O–H groups in total. The summed E-state index contributed by atoms with van der Waals surface area (Å²) in [6, 6.07) is 12.4. The number of fused-ring (bicyclic) bond motifs is 1. The molecule has 0 amide bonds. The first-order valence-electron chi connectivity index (χ1n) is 8.42. The molecule has 1 heterocycles. The largest absolute Gasteiger partial charge is 0.461 e. The van der Waals surface area contributed by atoms with Gasteiger partial charge in [-0.3, -0.25) is 4.79 Å². The molecule has 0 aliphatic heterocycles. The van der Waals surface area contributed by atoms with E-state index in [1.807, 2.05) is 24.3 Å². The SMILES string of the molecule is Cc1noc(C)c1COC(=O)CCNS(=O)(=O)c1ccc2ccccc2c1. The van der Waals surface area contributed by atoms with Crippen molar-refractivity contribution in [2.24, 2.45) is 0 Å². The van der Waals surface area contributed by atoms with Crippen LogP contribution < -0.4 is 4.72 Å². The maximum absolute atomic E-state index is 12.4. The molecule has 0 fully saturated rings. The van der Waals surface area contributed by atoms with E-state index >= 15 is 0 Å². The lowest BCUT2D eigenvalue weighted by Crippen LogP contribution is -2.26. The average Bonchev–Trinajstić information content (AvgIpc) is 2.97. The van der Waals surface area contributed by atoms with Crippen molar-refractivity contribution >= 4 is 26.8 Å². The van der Waals surface area contributed by atoms with Gasteiger partial charge in [0.15, 0.2) is 0 Å². The molecular weight excluding hydrogens is 368 g/mol. The van der Waals surface area contributed by atoms with E-state index in [1.165, 1.54) is 0 Å². The quantitative estimate of drug-likeness (QED) is 0.625. The topological polar surface area (TPSA) is 98.5 Å². The molecule has 0 aliphatic carbocycles. The number of sulfonamides is 1. The lowest BCUT2D eigenvalue weighted by Gasteiger charge is -2.08. The Bertz CT molecular complexity index is 1050. The van der Waals surface area contributed by atoms with Crippen LogP contribution in [0, 0.1) is 13.8 Å². The smallest absolute Gasteiger partial charge is 0.307 e. The van der Waals surface area contributed by atoms with Crippen LogP contribution in [0.2, 0.25) is 0 Å². The molecule has 0 atom stereocenters. The number of aryl methyl sites for hydroxylation is 2. The van der Waals surface area contributed by atoms with Crippen molar-refractivity contribution in [3.8, 4) is 0 Å². The minimum Gasteiger partial charge on any atom is -0.461 e. The van der Waals surface area contributed by atoms with Gasteiger partial charge >= 0.3 is 5.97 Å². The van der Waals surface area contributed by atoms with Gasteiger partial charge in [0.1, 0.15) is 12.4 Å². The van der Waals surface area contributed by atoms with Crippen LogP contribution in [0.15, 0.2) is 51.9 Å². The number of nitrogens with zero attached hydrogens (tertiary/aromatic N) is 1. The van der Waals surface area contributed by atoms with Gasteiger partial charge in [-0.2, -0.15) is 0 Å². The predicted molar refractivity (Wildman–Crippen MR) is 99.5 cm³/mol. The maximum atomic E-state index is 12.4. The number of carbonyl (C=O) groups is 1. The number of rotatable bonds is 7. The first-order valence-corrected chi connectivity index (χ1v) is 9.91. The molecule has 0 spiro atoms. The summed E-state index contributed by atoms with van der Waals surface area (Å²) in [7, 11) is -3.70. The Morgan fingerprint density at radius 3 is 2.59 bits per heavy atom. The van der Waals surface area contributed by atoms with Gasteiger partial charge in [0.05, 0.1) is 22.6 Å². The zero-order valence-electron chi connectivity index (χ0n) is 15.1. The highest BCUT2D eigenvalue weighted by Gasteiger charge is 2.16. The fourth-order valence-corrected chi connectivity index (χ4v) is 3.70. The third-order valence-corrected chi connectivity index (χ3v) is 5.67. The van der Waals surface area contributed by atoms with E-state index in [4.69, 9.17) is 9.26 Å². The number of carbonyl (C=O) groups excluding carboxylic acids is 1. The highest BCUT2D eigenvalue weighted by Crippen LogP contribution is 2.19.